The van der Waals surface area contributed by atoms with E-state index in [0.717, 1.165) is 34.6 Å². The molecule has 0 saturated carbocycles. The van der Waals surface area contributed by atoms with E-state index in [1.54, 1.807) is 19.1 Å². The molecule has 0 heterocycles. The summed E-state index contributed by atoms with van der Waals surface area (Å²) in [5.41, 5.74) is 3.53. The van der Waals surface area contributed by atoms with E-state index < -0.39 is 6.10 Å². The molecule has 0 saturated heterocycles. The number of ether oxygens (including phenoxy) is 5. The number of benzene rings is 3. The summed E-state index contributed by atoms with van der Waals surface area (Å²) in [5.74, 6) is 0.830. The maximum atomic E-state index is 11.9. The highest BCUT2D eigenvalue weighted by Gasteiger charge is 2.19. The first-order valence-electron chi connectivity index (χ1n) is 11.9. The minimum Gasteiger partial charge on any atom is -0.493 e. The van der Waals surface area contributed by atoms with Gasteiger partial charge in [0.15, 0.2) is 6.10 Å². The Balaban J connectivity index is 1.39. The van der Waals surface area contributed by atoms with Gasteiger partial charge in [0.1, 0.15) is 11.5 Å². The zero-order valence-electron chi connectivity index (χ0n) is 20.9. The normalized spacial score (nSPS) is 11.4. The summed E-state index contributed by atoms with van der Waals surface area (Å²) in [5, 5.41) is 0. The van der Waals surface area contributed by atoms with E-state index in [4.69, 9.17) is 23.7 Å². The van der Waals surface area contributed by atoms with Crippen molar-refractivity contribution in [3.8, 4) is 22.6 Å². The minimum atomic E-state index is -0.616. The Morgan fingerprint density at radius 1 is 0.750 bits per heavy atom. The van der Waals surface area contributed by atoms with E-state index in [9.17, 15) is 9.59 Å². The predicted molar refractivity (Wildman–Crippen MR) is 136 cm³/mol. The Labute approximate surface area is 211 Å². The van der Waals surface area contributed by atoms with E-state index in [-0.39, 0.29) is 11.9 Å². The van der Waals surface area contributed by atoms with Gasteiger partial charge in [-0.25, -0.2) is 9.59 Å². The molecular weight excluding hydrogens is 460 g/mol. The molecule has 0 aliphatic rings. The molecule has 3 aromatic rings. The summed E-state index contributed by atoms with van der Waals surface area (Å²) in [6, 6.07) is 22.7. The molecule has 0 bridgehead atoms. The molecular formula is C29H32O7. The van der Waals surface area contributed by atoms with Gasteiger partial charge in [0.25, 0.3) is 0 Å². The van der Waals surface area contributed by atoms with Crippen molar-refractivity contribution in [2.45, 2.75) is 25.9 Å². The van der Waals surface area contributed by atoms with E-state index in [1.807, 2.05) is 60.7 Å². The molecule has 0 aromatic heterocycles. The number of methoxy groups -OCH3 is 2. The fraction of sp³-hybridized carbons (Fsp3) is 0.310. The Morgan fingerprint density at radius 3 is 1.78 bits per heavy atom. The van der Waals surface area contributed by atoms with Crippen molar-refractivity contribution in [2.24, 2.45) is 0 Å². The lowest BCUT2D eigenvalue weighted by Crippen LogP contribution is -2.27. The van der Waals surface area contributed by atoms with Gasteiger partial charge < -0.3 is 23.7 Å². The van der Waals surface area contributed by atoms with Crippen molar-refractivity contribution in [1.82, 2.24) is 0 Å². The Hall–Kier alpha value is -3.84. The number of hydrogen-bond acceptors (Lipinski definition) is 7. The molecule has 3 aromatic carbocycles. The van der Waals surface area contributed by atoms with Crippen LogP contribution in [0.15, 0.2) is 72.8 Å². The lowest BCUT2D eigenvalue weighted by atomic mass is 10.0. The van der Waals surface area contributed by atoms with Crippen LogP contribution in [0.1, 0.15) is 29.3 Å². The molecule has 0 spiro atoms. The number of carbonyl (C=O) groups is 2. The van der Waals surface area contributed by atoms with E-state index in [1.165, 1.54) is 14.2 Å². The standard InChI is InChI=1S/C29H32O7/c1-4-34-29(31)27(32-2)20-21-6-14-25(15-7-21)35-18-5-19-36-26-16-12-23(13-17-26)22-8-10-24(11-9-22)28(30)33-3/h6-17,27H,4-5,18-20H2,1-3H3. The van der Waals surface area contributed by atoms with Gasteiger partial charge in [0.2, 0.25) is 0 Å². The Bertz CT molecular complexity index is 1090. The van der Waals surface area contributed by atoms with Gasteiger partial charge in [-0.3, -0.25) is 0 Å². The first kappa shape index (κ1) is 26.8. The lowest BCUT2D eigenvalue weighted by Gasteiger charge is -2.14. The summed E-state index contributed by atoms with van der Waals surface area (Å²) in [7, 11) is 2.87. The molecule has 1 atom stereocenters. The third-order valence-electron chi connectivity index (χ3n) is 5.50. The quantitative estimate of drug-likeness (QED) is 0.242. The number of rotatable bonds is 13. The van der Waals surface area contributed by atoms with Gasteiger partial charge in [-0.15, -0.1) is 0 Å². The summed E-state index contributed by atoms with van der Waals surface area (Å²) >= 11 is 0. The van der Waals surface area contributed by atoms with Crippen LogP contribution >= 0.6 is 0 Å². The fourth-order valence-electron chi connectivity index (χ4n) is 3.53. The van der Waals surface area contributed by atoms with Crippen molar-refractivity contribution >= 4 is 11.9 Å². The number of esters is 2. The molecule has 0 radical (unpaired) electrons. The molecule has 0 aliphatic heterocycles. The van der Waals surface area contributed by atoms with Gasteiger partial charge in [0.05, 0.1) is 32.5 Å². The molecule has 0 aliphatic carbocycles. The largest absolute Gasteiger partial charge is 0.493 e. The SMILES string of the molecule is CCOC(=O)C(Cc1ccc(OCCCOc2ccc(-c3ccc(C(=O)OC)cc3)cc2)cc1)OC. The molecule has 0 N–H and O–H groups in total. The van der Waals surface area contributed by atoms with Gasteiger partial charge in [-0.05, 0) is 60.0 Å². The molecule has 7 nitrogen and oxygen atoms in total. The molecule has 0 fully saturated rings. The van der Waals surface area contributed by atoms with Gasteiger partial charge in [0, 0.05) is 20.0 Å². The topological polar surface area (TPSA) is 80.3 Å². The molecule has 1 unspecified atom stereocenters. The zero-order chi connectivity index (χ0) is 25.8. The lowest BCUT2D eigenvalue weighted by molar-refractivity contribution is -0.154. The van der Waals surface area contributed by atoms with Crippen LogP contribution in [0, 0.1) is 0 Å². The van der Waals surface area contributed by atoms with Crippen LogP contribution in [0.4, 0.5) is 0 Å². The van der Waals surface area contributed by atoms with Crippen LogP contribution in [-0.4, -0.2) is 52.1 Å². The average molecular weight is 493 g/mol. The van der Waals surface area contributed by atoms with Crippen molar-refractivity contribution < 1.29 is 33.3 Å². The first-order valence-corrected chi connectivity index (χ1v) is 11.9. The number of carbonyl (C=O) groups excluding carboxylic acids is 2. The van der Waals surface area contributed by atoms with Crippen LogP contribution in [-0.2, 0) is 25.4 Å². The van der Waals surface area contributed by atoms with Crippen molar-refractivity contribution in [1.29, 1.82) is 0 Å². The second-order valence-electron chi connectivity index (χ2n) is 7.97. The summed E-state index contributed by atoms with van der Waals surface area (Å²) in [6.45, 7) is 3.15. The Kier molecular flexibility index (Phi) is 10.3. The van der Waals surface area contributed by atoms with E-state index >= 15 is 0 Å². The van der Waals surface area contributed by atoms with Gasteiger partial charge in [-0.2, -0.15) is 0 Å². The smallest absolute Gasteiger partial charge is 0.337 e. The van der Waals surface area contributed by atoms with Crippen LogP contribution in [0.2, 0.25) is 0 Å². The average Bonchev–Trinajstić information content (AvgIpc) is 2.92. The van der Waals surface area contributed by atoms with Crippen molar-refractivity contribution in [2.75, 3.05) is 34.0 Å². The second-order valence-corrected chi connectivity index (χ2v) is 7.97. The second kappa shape index (κ2) is 13.9. The van der Waals surface area contributed by atoms with E-state index in [0.29, 0.717) is 31.8 Å². The fourth-order valence-corrected chi connectivity index (χ4v) is 3.53. The zero-order valence-corrected chi connectivity index (χ0v) is 20.9. The predicted octanol–water partition coefficient (Wildman–Crippen LogP) is 5.11. The van der Waals surface area contributed by atoms with Crippen LogP contribution in [0.25, 0.3) is 11.1 Å². The highest BCUT2D eigenvalue weighted by molar-refractivity contribution is 5.90. The van der Waals surface area contributed by atoms with Crippen molar-refractivity contribution in [3.63, 3.8) is 0 Å². The molecule has 36 heavy (non-hydrogen) atoms. The van der Waals surface area contributed by atoms with Crippen LogP contribution < -0.4 is 9.47 Å². The maximum Gasteiger partial charge on any atom is 0.337 e. The third-order valence-corrected chi connectivity index (χ3v) is 5.50. The highest BCUT2D eigenvalue weighted by Crippen LogP contribution is 2.23. The molecule has 3 rings (SSSR count). The highest BCUT2D eigenvalue weighted by atomic mass is 16.6. The van der Waals surface area contributed by atoms with Crippen molar-refractivity contribution in [3.05, 3.63) is 83.9 Å². The summed E-state index contributed by atoms with van der Waals surface area (Å²) < 4.78 is 26.6. The summed E-state index contributed by atoms with van der Waals surface area (Å²) in [6.07, 6.45) is 0.559. The van der Waals surface area contributed by atoms with Gasteiger partial charge in [-0.1, -0.05) is 36.4 Å². The first-order chi connectivity index (χ1) is 17.5. The summed E-state index contributed by atoms with van der Waals surface area (Å²) in [4.78, 5) is 23.4. The monoisotopic (exact) mass is 492 g/mol. The third kappa shape index (κ3) is 7.85. The molecule has 190 valence electrons. The maximum absolute atomic E-state index is 11.9. The van der Waals surface area contributed by atoms with Crippen LogP contribution in [0.3, 0.4) is 0 Å². The van der Waals surface area contributed by atoms with Crippen LogP contribution in [0.5, 0.6) is 11.5 Å². The van der Waals surface area contributed by atoms with Gasteiger partial charge >= 0.3 is 11.9 Å². The number of hydrogen-bond donors (Lipinski definition) is 0. The van der Waals surface area contributed by atoms with E-state index in [2.05, 4.69) is 0 Å². The molecule has 0 amide bonds. The minimum absolute atomic E-state index is 0.328. The Morgan fingerprint density at radius 2 is 1.28 bits per heavy atom. The molecule has 7 heteroatoms.